The Bertz CT molecular complexity index is 445. The van der Waals surface area contributed by atoms with Gasteiger partial charge in [0.15, 0.2) is 0 Å². The Balaban J connectivity index is 2.49. The summed E-state index contributed by atoms with van der Waals surface area (Å²) in [6.07, 6.45) is 0. The third-order valence-corrected chi connectivity index (χ3v) is 4.59. The van der Waals surface area contributed by atoms with Gasteiger partial charge in [-0.05, 0) is 28.4 Å². The van der Waals surface area contributed by atoms with Gasteiger partial charge in [0.25, 0.3) is 0 Å². The summed E-state index contributed by atoms with van der Waals surface area (Å²) < 4.78 is 1.80. The molecule has 2 rings (SSSR count). The lowest BCUT2D eigenvalue weighted by molar-refractivity contribution is 1.47. The van der Waals surface area contributed by atoms with Crippen LogP contribution >= 0.6 is 38.9 Å². The van der Waals surface area contributed by atoms with Gasteiger partial charge < -0.3 is 0 Å². The maximum atomic E-state index is 5.98. The van der Waals surface area contributed by atoms with Gasteiger partial charge in [0, 0.05) is 10.9 Å². The molecule has 0 spiro atoms. The maximum absolute atomic E-state index is 5.98. The van der Waals surface area contributed by atoms with Crippen molar-refractivity contribution in [2.45, 2.75) is 6.92 Å². The van der Waals surface area contributed by atoms with Crippen LogP contribution in [0.5, 0.6) is 0 Å². The Kier molecular flexibility index (Phi) is 2.96. The summed E-state index contributed by atoms with van der Waals surface area (Å²) in [5.74, 6) is 0. The van der Waals surface area contributed by atoms with E-state index in [0.29, 0.717) is 0 Å². The molecule has 0 N–H and O–H groups in total. The molecule has 0 saturated heterocycles. The van der Waals surface area contributed by atoms with Crippen molar-refractivity contribution in [1.82, 2.24) is 0 Å². The lowest BCUT2D eigenvalue weighted by Gasteiger charge is -1.99. The normalized spacial score (nSPS) is 10.5. The van der Waals surface area contributed by atoms with Crippen molar-refractivity contribution in [3.05, 3.63) is 44.0 Å². The summed E-state index contributed by atoms with van der Waals surface area (Å²) in [6, 6.07) is 8.43. The Morgan fingerprint density at radius 3 is 2.36 bits per heavy atom. The van der Waals surface area contributed by atoms with Crippen LogP contribution in [0, 0.1) is 6.92 Å². The smallest absolute Gasteiger partial charge is 0.108 e. The summed E-state index contributed by atoms with van der Waals surface area (Å²) >= 11 is 11.0. The van der Waals surface area contributed by atoms with Gasteiger partial charge in [0.1, 0.15) is 4.34 Å². The molecule has 0 aliphatic rings. The molecule has 0 bridgehead atoms. The van der Waals surface area contributed by atoms with Crippen molar-refractivity contribution in [3.63, 3.8) is 0 Å². The van der Waals surface area contributed by atoms with Crippen molar-refractivity contribution in [2.75, 3.05) is 0 Å². The van der Waals surface area contributed by atoms with Gasteiger partial charge in [-0.15, -0.1) is 11.3 Å². The number of halogens is 2. The van der Waals surface area contributed by atoms with Crippen LogP contribution in [0.25, 0.3) is 11.1 Å². The molecule has 1 heterocycles. The molecule has 0 radical (unpaired) electrons. The third kappa shape index (κ3) is 1.88. The highest BCUT2D eigenvalue weighted by atomic mass is 79.9. The highest BCUT2D eigenvalue weighted by Gasteiger charge is 2.08. The van der Waals surface area contributed by atoms with E-state index in [1.54, 1.807) is 11.3 Å². The lowest BCUT2D eigenvalue weighted by atomic mass is 10.1. The minimum absolute atomic E-state index is 0.806. The number of benzene rings is 1. The summed E-state index contributed by atoms with van der Waals surface area (Å²) in [6.45, 7) is 2.08. The molecule has 2 aromatic rings. The van der Waals surface area contributed by atoms with Gasteiger partial charge in [-0.3, -0.25) is 0 Å². The van der Waals surface area contributed by atoms with E-state index in [0.717, 1.165) is 8.81 Å². The highest BCUT2D eigenvalue weighted by Crippen LogP contribution is 2.38. The van der Waals surface area contributed by atoms with E-state index in [-0.39, 0.29) is 0 Å². The second-order valence-corrected chi connectivity index (χ2v) is 5.38. The molecule has 0 saturated carbocycles. The van der Waals surface area contributed by atoms with E-state index in [1.165, 1.54) is 16.7 Å². The molecule has 0 aliphatic carbocycles. The van der Waals surface area contributed by atoms with Gasteiger partial charge in [-0.25, -0.2) is 0 Å². The molecule has 72 valence electrons. The first-order valence-electron chi connectivity index (χ1n) is 4.18. The SMILES string of the molecule is Cc1ccc(-c2csc(Cl)c2Br)cc1. The van der Waals surface area contributed by atoms with Gasteiger partial charge in [-0.2, -0.15) is 0 Å². The van der Waals surface area contributed by atoms with Crippen LogP contribution in [0.3, 0.4) is 0 Å². The summed E-state index contributed by atoms with van der Waals surface area (Å²) in [7, 11) is 0. The average Bonchev–Trinajstić information content (AvgIpc) is 2.50. The van der Waals surface area contributed by atoms with E-state index in [1.807, 2.05) is 0 Å². The maximum Gasteiger partial charge on any atom is 0.108 e. The van der Waals surface area contributed by atoms with Gasteiger partial charge in [0.2, 0.25) is 0 Å². The molecule has 0 amide bonds. The first kappa shape index (κ1) is 10.2. The van der Waals surface area contributed by atoms with Crippen LogP contribution in [0.4, 0.5) is 0 Å². The minimum atomic E-state index is 0.806. The molecule has 1 aromatic heterocycles. The number of rotatable bonds is 1. The molecule has 1 aromatic carbocycles. The second kappa shape index (κ2) is 4.05. The van der Waals surface area contributed by atoms with Crippen LogP contribution in [-0.4, -0.2) is 0 Å². The second-order valence-electron chi connectivity index (χ2n) is 3.10. The zero-order valence-electron chi connectivity index (χ0n) is 7.55. The Hall–Kier alpha value is -0.310. The largest absolute Gasteiger partial charge is 0.130 e. The Morgan fingerprint density at radius 2 is 1.86 bits per heavy atom. The predicted molar refractivity (Wildman–Crippen MR) is 67.2 cm³/mol. The molecular formula is C11H8BrClS. The Morgan fingerprint density at radius 1 is 1.21 bits per heavy atom. The first-order valence-corrected chi connectivity index (χ1v) is 6.23. The van der Waals surface area contributed by atoms with Gasteiger partial charge >= 0.3 is 0 Å². The molecule has 14 heavy (non-hydrogen) atoms. The quantitative estimate of drug-likeness (QED) is 0.681. The fourth-order valence-electron chi connectivity index (χ4n) is 1.25. The van der Waals surface area contributed by atoms with Crippen molar-refractivity contribution < 1.29 is 0 Å². The zero-order valence-corrected chi connectivity index (χ0v) is 10.7. The zero-order chi connectivity index (χ0) is 10.1. The molecular weight excluding hydrogens is 280 g/mol. The van der Waals surface area contributed by atoms with Gasteiger partial charge in [-0.1, -0.05) is 41.4 Å². The van der Waals surface area contributed by atoms with Crippen molar-refractivity contribution >= 4 is 38.9 Å². The molecule has 0 atom stereocenters. The standard InChI is InChI=1S/C11H8BrClS/c1-7-2-4-8(5-3-7)9-6-14-11(13)10(9)12/h2-6H,1H3. The van der Waals surface area contributed by atoms with Crippen LogP contribution in [0.2, 0.25) is 4.34 Å². The Labute approximate surface area is 101 Å². The fraction of sp³-hybridized carbons (Fsp3) is 0.0909. The first-order chi connectivity index (χ1) is 6.68. The monoisotopic (exact) mass is 286 g/mol. The number of thiophene rings is 1. The van der Waals surface area contributed by atoms with Crippen LogP contribution < -0.4 is 0 Å². The third-order valence-electron chi connectivity index (χ3n) is 2.05. The van der Waals surface area contributed by atoms with Crippen LogP contribution in [0.1, 0.15) is 5.56 Å². The summed E-state index contributed by atoms with van der Waals surface area (Å²) in [4.78, 5) is 0. The van der Waals surface area contributed by atoms with E-state index in [2.05, 4.69) is 52.5 Å². The van der Waals surface area contributed by atoms with E-state index < -0.39 is 0 Å². The van der Waals surface area contributed by atoms with Crippen LogP contribution in [-0.2, 0) is 0 Å². The number of aryl methyl sites for hydroxylation is 1. The van der Waals surface area contributed by atoms with E-state index in [9.17, 15) is 0 Å². The predicted octanol–water partition coefficient (Wildman–Crippen LogP) is 5.14. The summed E-state index contributed by atoms with van der Waals surface area (Å²) in [5, 5.41) is 2.07. The van der Waals surface area contributed by atoms with Crippen molar-refractivity contribution in [2.24, 2.45) is 0 Å². The highest BCUT2D eigenvalue weighted by molar-refractivity contribution is 9.10. The molecule has 0 aliphatic heterocycles. The molecule has 0 unspecified atom stereocenters. The molecule has 3 heteroatoms. The van der Waals surface area contributed by atoms with E-state index >= 15 is 0 Å². The lowest BCUT2D eigenvalue weighted by Crippen LogP contribution is -1.75. The van der Waals surface area contributed by atoms with Crippen molar-refractivity contribution in [3.8, 4) is 11.1 Å². The van der Waals surface area contributed by atoms with Gasteiger partial charge in [0.05, 0.1) is 4.47 Å². The van der Waals surface area contributed by atoms with Crippen LogP contribution in [0.15, 0.2) is 34.1 Å². The molecule has 0 nitrogen and oxygen atoms in total. The molecule has 0 fully saturated rings. The van der Waals surface area contributed by atoms with E-state index in [4.69, 9.17) is 11.6 Å². The van der Waals surface area contributed by atoms with Crippen molar-refractivity contribution in [1.29, 1.82) is 0 Å². The number of hydrogen-bond acceptors (Lipinski definition) is 1. The minimum Gasteiger partial charge on any atom is -0.130 e. The number of hydrogen-bond donors (Lipinski definition) is 0. The fourth-order valence-corrected chi connectivity index (χ4v) is 2.95. The topological polar surface area (TPSA) is 0 Å². The average molecular weight is 288 g/mol. The summed E-state index contributed by atoms with van der Waals surface area (Å²) in [5.41, 5.74) is 3.64.